The molecule has 0 spiro atoms. The van der Waals surface area contributed by atoms with Gasteiger partial charge >= 0.3 is 5.97 Å². The Morgan fingerprint density at radius 1 is 1.36 bits per heavy atom. The fourth-order valence-electron chi connectivity index (χ4n) is 2.94. The zero-order chi connectivity index (χ0) is 16.4. The third-order valence-electron chi connectivity index (χ3n) is 4.09. The molecule has 1 aliphatic carbocycles. The van der Waals surface area contributed by atoms with E-state index in [1.165, 1.54) is 0 Å². The molecule has 1 unspecified atom stereocenters. The van der Waals surface area contributed by atoms with Gasteiger partial charge < -0.3 is 9.47 Å². The van der Waals surface area contributed by atoms with Crippen molar-refractivity contribution < 1.29 is 19.1 Å². The van der Waals surface area contributed by atoms with E-state index in [2.05, 4.69) is 0 Å². The number of ketones is 1. The molecule has 22 heavy (non-hydrogen) atoms. The number of ether oxygens (including phenoxy) is 2. The first-order valence-electron chi connectivity index (χ1n) is 7.50. The number of hydrogen-bond acceptors (Lipinski definition) is 4. The van der Waals surface area contributed by atoms with Crippen LogP contribution in [0.3, 0.4) is 0 Å². The Labute approximate surface area is 131 Å². The summed E-state index contributed by atoms with van der Waals surface area (Å²) >= 11 is 0. The van der Waals surface area contributed by atoms with E-state index in [9.17, 15) is 9.59 Å². The topological polar surface area (TPSA) is 52.6 Å². The van der Waals surface area contributed by atoms with Crippen molar-refractivity contribution >= 4 is 17.3 Å². The number of methoxy groups -OCH3 is 1. The highest BCUT2D eigenvalue weighted by Crippen LogP contribution is 2.40. The molecule has 1 atom stereocenters. The van der Waals surface area contributed by atoms with Gasteiger partial charge in [0.15, 0.2) is 5.78 Å². The number of esters is 1. The second kappa shape index (κ2) is 6.34. The number of aryl methyl sites for hydroxylation is 1. The molecule has 118 valence electrons. The summed E-state index contributed by atoms with van der Waals surface area (Å²) in [6, 6.07) is 3.90. The van der Waals surface area contributed by atoms with Crippen molar-refractivity contribution in [2.75, 3.05) is 13.7 Å². The van der Waals surface area contributed by atoms with E-state index in [1.807, 2.05) is 26.0 Å². The van der Waals surface area contributed by atoms with E-state index in [1.54, 1.807) is 21.0 Å². The van der Waals surface area contributed by atoms with E-state index in [0.29, 0.717) is 24.2 Å². The zero-order valence-corrected chi connectivity index (χ0v) is 13.8. The summed E-state index contributed by atoms with van der Waals surface area (Å²) in [6.45, 7) is 7.65. The van der Waals surface area contributed by atoms with E-state index in [0.717, 1.165) is 22.4 Å². The number of rotatable bonds is 3. The third kappa shape index (κ3) is 2.78. The molecule has 4 heteroatoms. The number of fused-ring (bicyclic) bond motifs is 1. The molecule has 0 aliphatic heterocycles. The summed E-state index contributed by atoms with van der Waals surface area (Å²) in [7, 11) is 1.63. The smallest absolute Gasteiger partial charge is 0.334 e. The maximum Gasteiger partial charge on any atom is 0.334 e. The zero-order valence-electron chi connectivity index (χ0n) is 13.8. The summed E-state index contributed by atoms with van der Waals surface area (Å²) in [5.41, 5.74) is 3.67. The maximum absolute atomic E-state index is 12.5. The van der Waals surface area contributed by atoms with Gasteiger partial charge in [0.2, 0.25) is 0 Å². The lowest BCUT2D eigenvalue weighted by Gasteiger charge is -2.26. The normalized spacial score (nSPS) is 19.5. The summed E-state index contributed by atoms with van der Waals surface area (Å²) in [4.78, 5) is 24.5. The van der Waals surface area contributed by atoms with Gasteiger partial charge in [-0.05, 0) is 55.5 Å². The molecule has 0 fully saturated rings. The van der Waals surface area contributed by atoms with Gasteiger partial charge in [0.25, 0.3) is 0 Å². The number of carbonyl (C=O) groups excluding carboxylic acids is 2. The van der Waals surface area contributed by atoms with Crippen LogP contribution in [-0.4, -0.2) is 25.5 Å². The standard InChI is InChI=1S/C18H22O4/c1-6-22-18(20)12(4)17-14-7-11(3)16(21-5)9-13(14)10(2)8-15(17)19/h7,9-10H,6,8H2,1-5H3/b17-12+. The van der Waals surface area contributed by atoms with Crippen LogP contribution in [-0.2, 0) is 14.3 Å². The predicted octanol–water partition coefficient (Wildman–Crippen LogP) is 3.42. The van der Waals surface area contributed by atoms with E-state index >= 15 is 0 Å². The van der Waals surface area contributed by atoms with E-state index in [4.69, 9.17) is 9.47 Å². The largest absolute Gasteiger partial charge is 0.496 e. The van der Waals surface area contributed by atoms with Crippen LogP contribution in [0.2, 0.25) is 0 Å². The molecule has 0 N–H and O–H groups in total. The number of benzene rings is 1. The second-order valence-corrected chi connectivity index (χ2v) is 5.66. The van der Waals surface area contributed by atoms with Crippen molar-refractivity contribution in [2.24, 2.45) is 0 Å². The Morgan fingerprint density at radius 3 is 2.64 bits per heavy atom. The summed E-state index contributed by atoms with van der Waals surface area (Å²) in [5, 5.41) is 0. The molecule has 1 aromatic rings. The lowest BCUT2D eigenvalue weighted by molar-refractivity contribution is -0.138. The van der Waals surface area contributed by atoms with Gasteiger partial charge in [-0.3, -0.25) is 4.79 Å². The van der Waals surface area contributed by atoms with Gasteiger partial charge in [-0.25, -0.2) is 4.79 Å². The van der Waals surface area contributed by atoms with Gasteiger partial charge in [0, 0.05) is 17.6 Å². The fourth-order valence-corrected chi connectivity index (χ4v) is 2.94. The number of hydrogen-bond donors (Lipinski definition) is 0. The van der Waals surface area contributed by atoms with E-state index < -0.39 is 5.97 Å². The van der Waals surface area contributed by atoms with Crippen molar-refractivity contribution in [3.8, 4) is 5.75 Å². The van der Waals surface area contributed by atoms with Gasteiger partial charge in [-0.1, -0.05) is 6.92 Å². The quantitative estimate of drug-likeness (QED) is 0.634. The molecule has 0 heterocycles. The predicted molar refractivity (Wildman–Crippen MR) is 85.0 cm³/mol. The SMILES string of the molecule is CCOC(=O)/C(C)=C1/C(=O)CC(C)c2cc(OC)c(C)cc21. The minimum Gasteiger partial charge on any atom is -0.496 e. The van der Waals surface area contributed by atoms with Crippen LogP contribution >= 0.6 is 0 Å². The molecular formula is C18H22O4. The highest BCUT2D eigenvalue weighted by Gasteiger charge is 2.31. The summed E-state index contributed by atoms with van der Waals surface area (Å²) in [6.07, 6.45) is 0.394. The van der Waals surface area contributed by atoms with Gasteiger partial charge in [0.05, 0.1) is 13.7 Å². The summed E-state index contributed by atoms with van der Waals surface area (Å²) in [5.74, 6) is 0.471. The first-order valence-corrected chi connectivity index (χ1v) is 7.50. The van der Waals surface area contributed by atoms with Crippen molar-refractivity contribution in [1.82, 2.24) is 0 Å². The first kappa shape index (κ1) is 16.3. The molecule has 0 aromatic heterocycles. The molecule has 0 saturated carbocycles. The molecule has 1 aromatic carbocycles. The van der Waals surface area contributed by atoms with Crippen molar-refractivity contribution in [1.29, 1.82) is 0 Å². The minimum absolute atomic E-state index is 0.00452. The Hall–Kier alpha value is -2.10. The Kier molecular flexibility index (Phi) is 4.69. The molecule has 0 radical (unpaired) electrons. The molecule has 4 nitrogen and oxygen atoms in total. The average Bonchev–Trinajstić information content (AvgIpc) is 2.46. The average molecular weight is 302 g/mol. The van der Waals surface area contributed by atoms with E-state index in [-0.39, 0.29) is 11.7 Å². The molecule has 1 aliphatic rings. The molecule has 0 saturated heterocycles. The molecule has 0 amide bonds. The molecular weight excluding hydrogens is 280 g/mol. The van der Waals surface area contributed by atoms with Crippen molar-refractivity contribution in [2.45, 2.75) is 40.0 Å². The van der Waals surface area contributed by atoms with Crippen LogP contribution in [0.4, 0.5) is 0 Å². The highest BCUT2D eigenvalue weighted by atomic mass is 16.5. The number of Topliss-reactive ketones (excluding diaryl/α,β-unsaturated/α-hetero) is 1. The Morgan fingerprint density at radius 2 is 2.05 bits per heavy atom. The van der Waals surface area contributed by atoms with Crippen LogP contribution in [0.1, 0.15) is 49.8 Å². The van der Waals surface area contributed by atoms with Crippen LogP contribution in [0.25, 0.3) is 5.57 Å². The van der Waals surface area contributed by atoms with Gasteiger partial charge in [-0.2, -0.15) is 0 Å². The van der Waals surface area contributed by atoms with Crippen LogP contribution in [0, 0.1) is 6.92 Å². The fraction of sp³-hybridized carbons (Fsp3) is 0.444. The maximum atomic E-state index is 12.5. The first-order chi connectivity index (χ1) is 10.4. The van der Waals surface area contributed by atoms with Crippen LogP contribution in [0.15, 0.2) is 17.7 Å². The lowest BCUT2D eigenvalue weighted by atomic mass is 9.77. The van der Waals surface area contributed by atoms with Gasteiger partial charge in [-0.15, -0.1) is 0 Å². The Balaban J connectivity index is 2.66. The lowest BCUT2D eigenvalue weighted by Crippen LogP contribution is -2.20. The Bertz CT molecular complexity index is 655. The van der Waals surface area contributed by atoms with Crippen molar-refractivity contribution in [3.63, 3.8) is 0 Å². The van der Waals surface area contributed by atoms with Crippen LogP contribution in [0.5, 0.6) is 5.75 Å². The number of carbonyl (C=O) groups is 2. The van der Waals surface area contributed by atoms with Crippen molar-refractivity contribution in [3.05, 3.63) is 34.4 Å². The molecule has 0 bridgehead atoms. The highest BCUT2D eigenvalue weighted by molar-refractivity contribution is 6.27. The van der Waals surface area contributed by atoms with Gasteiger partial charge in [0.1, 0.15) is 5.75 Å². The second-order valence-electron chi connectivity index (χ2n) is 5.66. The molecule has 2 rings (SSSR count). The van der Waals surface area contributed by atoms with Crippen LogP contribution < -0.4 is 4.74 Å². The monoisotopic (exact) mass is 302 g/mol. The minimum atomic E-state index is -0.431. The summed E-state index contributed by atoms with van der Waals surface area (Å²) < 4.78 is 10.4. The third-order valence-corrected chi connectivity index (χ3v) is 4.09. The number of allylic oxidation sites excluding steroid dienone is 1.